The molecule has 0 fully saturated rings. The van der Waals surface area contributed by atoms with E-state index >= 15 is 0 Å². The van der Waals surface area contributed by atoms with Crippen LogP contribution in [0.4, 0.5) is 5.69 Å². The first-order valence-corrected chi connectivity index (χ1v) is 7.53. The fraction of sp³-hybridized carbons (Fsp3) is 0.267. The monoisotopic (exact) mass is 289 g/mol. The van der Waals surface area contributed by atoms with Gasteiger partial charge in [0.2, 0.25) is 0 Å². The molecule has 0 aliphatic rings. The van der Waals surface area contributed by atoms with Crippen molar-refractivity contribution in [2.45, 2.75) is 25.8 Å². The van der Waals surface area contributed by atoms with E-state index in [0.717, 1.165) is 18.5 Å². The highest BCUT2D eigenvalue weighted by atomic mass is 32.1. The van der Waals surface area contributed by atoms with Gasteiger partial charge in [0.1, 0.15) is 0 Å². The van der Waals surface area contributed by atoms with Crippen LogP contribution in [0.3, 0.4) is 0 Å². The van der Waals surface area contributed by atoms with Crippen molar-refractivity contribution in [3.8, 4) is 0 Å². The predicted octanol–water partition coefficient (Wildman–Crippen LogP) is 3.30. The standard InChI is InChI=1S/C15H19N3OS/c1-2-4-13(14-5-3-10-20-14)17-15(19)11-6-8-12(18-16)9-7-11/h3,5-10,13,18H,2,4,16H2,1H3,(H,17,19). The van der Waals surface area contributed by atoms with Crippen molar-refractivity contribution in [1.82, 2.24) is 5.32 Å². The van der Waals surface area contributed by atoms with Crippen LogP contribution in [-0.4, -0.2) is 5.91 Å². The zero-order valence-electron chi connectivity index (χ0n) is 11.4. The lowest BCUT2D eigenvalue weighted by molar-refractivity contribution is 0.0935. The summed E-state index contributed by atoms with van der Waals surface area (Å²) >= 11 is 1.67. The molecule has 0 saturated carbocycles. The summed E-state index contributed by atoms with van der Waals surface area (Å²) in [6.45, 7) is 2.12. The van der Waals surface area contributed by atoms with Crippen molar-refractivity contribution < 1.29 is 4.79 Å². The minimum Gasteiger partial charge on any atom is -0.344 e. The van der Waals surface area contributed by atoms with Crippen molar-refractivity contribution in [2.24, 2.45) is 5.84 Å². The molecule has 0 aliphatic carbocycles. The molecule has 1 heterocycles. The molecule has 4 nitrogen and oxygen atoms in total. The zero-order chi connectivity index (χ0) is 14.4. The summed E-state index contributed by atoms with van der Waals surface area (Å²) in [6.07, 6.45) is 1.97. The Morgan fingerprint density at radius 1 is 1.30 bits per heavy atom. The summed E-state index contributed by atoms with van der Waals surface area (Å²) in [5.41, 5.74) is 3.97. The number of nitrogen functional groups attached to an aromatic ring is 1. The predicted molar refractivity (Wildman–Crippen MR) is 83.7 cm³/mol. The molecule has 2 rings (SSSR count). The smallest absolute Gasteiger partial charge is 0.251 e. The number of rotatable bonds is 6. The highest BCUT2D eigenvalue weighted by Crippen LogP contribution is 2.23. The summed E-state index contributed by atoms with van der Waals surface area (Å²) in [5, 5.41) is 5.13. The van der Waals surface area contributed by atoms with Crippen LogP contribution in [0.25, 0.3) is 0 Å². The van der Waals surface area contributed by atoms with E-state index in [1.807, 2.05) is 11.4 Å². The lowest BCUT2D eigenvalue weighted by atomic mass is 10.1. The lowest BCUT2D eigenvalue weighted by Crippen LogP contribution is -2.28. The van der Waals surface area contributed by atoms with Gasteiger partial charge in [-0.2, -0.15) is 0 Å². The molecular weight excluding hydrogens is 270 g/mol. The summed E-state index contributed by atoms with van der Waals surface area (Å²) in [7, 11) is 0. The molecule has 0 aliphatic heterocycles. The van der Waals surface area contributed by atoms with Crippen molar-refractivity contribution in [1.29, 1.82) is 0 Å². The SMILES string of the molecule is CCCC(NC(=O)c1ccc(NN)cc1)c1cccs1. The first kappa shape index (κ1) is 14.6. The van der Waals surface area contributed by atoms with Gasteiger partial charge >= 0.3 is 0 Å². The zero-order valence-corrected chi connectivity index (χ0v) is 12.2. The Balaban J connectivity index is 2.07. The van der Waals surface area contributed by atoms with Gasteiger partial charge in [-0.15, -0.1) is 11.3 Å². The number of nitrogens with two attached hydrogens (primary N) is 1. The second-order valence-electron chi connectivity index (χ2n) is 4.55. The van der Waals surface area contributed by atoms with Gasteiger partial charge in [0.15, 0.2) is 0 Å². The average Bonchev–Trinajstić information content (AvgIpc) is 3.01. The normalized spacial score (nSPS) is 11.9. The maximum absolute atomic E-state index is 12.3. The van der Waals surface area contributed by atoms with E-state index < -0.39 is 0 Å². The molecule has 106 valence electrons. The maximum Gasteiger partial charge on any atom is 0.251 e. The second-order valence-corrected chi connectivity index (χ2v) is 5.53. The molecule has 0 saturated heterocycles. The van der Waals surface area contributed by atoms with Crippen molar-refractivity contribution in [3.05, 3.63) is 52.2 Å². The average molecular weight is 289 g/mol. The number of carbonyl (C=O) groups is 1. The van der Waals surface area contributed by atoms with Gasteiger partial charge in [0.05, 0.1) is 6.04 Å². The fourth-order valence-electron chi connectivity index (χ4n) is 2.02. The number of hydrazine groups is 1. The molecule has 1 aromatic carbocycles. The van der Waals surface area contributed by atoms with Crippen LogP contribution in [0, 0.1) is 0 Å². The summed E-state index contributed by atoms with van der Waals surface area (Å²) < 4.78 is 0. The highest BCUT2D eigenvalue weighted by molar-refractivity contribution is 7.10. The first-order valence-electron chi connectivity index (χ1n) is 6.65. The van der Waals surface area contributed by atoms with Crippen LogP contribution in [0.2, 0.25) is 0 Å². The molecular formula is C15H19N3OS. The van der Waals surface area contributed by atoms with E-state index in [-0.39, 0.29) is 11.9 Å². The van der Waals surface area contributed by atoms with Gasteiger partial charge in [0.25, 0.3) is 5.91 Å². The minimum absolute atomic E-state index is 0.0552. The van der Waals surface area contributed by atoms with Crippen LogP contribution < -0.4 is 16.6 Å². The van der Waals surface area contributed by atoms with E-state index in [4.69, 9.17) is 5.84 Å². The Bertz CT molecular complexity index is 537. The lowest BCUT2D eigenvalue weighted by Gasteiger charge is -2.17. The Morgan fingerprint density at radius 3 is 2.60 bits per heavy atom. The van der Waals surface area contributed by atoms with E-state index in [1.165, 1.54) is 4.88 Å². The van der Waals surface area contributed by atoms with Gasteiger partial charge in [-0.05, 0) is 42.1 Å². The van der Waals surface area contributed by atoms with E-state index in [2.05, 4.69) is 23.7 Å². The van der Waals surface area contributed by atoms with E-state index in [1.54, 1.807) is 35.6 Å². The number of thiophene rings is 1. The molecule has 0 spiro atoms. The number of hydrogen-bond acceptors (Lipinski definition) is 4. The van der Waals surface area contributed by atoms with Crippen molar-refractivity contribution in [2.75, 3.05) is 5.43 Å². The molecule has 1 amide bonds. The van der Waals surface area contributed by atoms with Crippen molar-refractivity contribution >= 4 is 22.9 Å². The van der Waals surface area contributed by atoms with Crippen LogP contribution in [0.15, 0.2) is 41.8 Å². The molecule has 1 atom stereocenters. The van der Waals surface area contributed by atoms with Crippen LogP contribution in [-0.2, 0) is 0 Å². The third-order valence-corrected chi connectivity index (χ3v) is 4.07. The van der Waals surface area contributed by atoms with Crippen LogP contribution in [0.5, 0.6) is 0 Å². The van der Waals surface area contributed by atoms with Crippen molar-refractivity contribution in [3.63, 3.8) is 0 Å². The molecule has 1 unspecified atom stereocenters. The molecule has 2 aromatic rings. The maximum atomic E-state index is 12.3. The van der Waals surface area contributed by atoms with Gasteiger partial charge in [0, 0.05) is 16.1 Å². The highest BCUT2D eigenvalue weighted by Gasteiger charge is 2.15. The number of benzene rings is 1. The topological polar surface area (TPSA) is 67.2 Å². The quantitative estimate of drug-likeness (QED) is 0.564. The molecule has 4 N–H and O–H groups in total. The van der Waals surface area contributed by atoms with Gasteiger partial charge in [-0.1, -0.05) is 19.4 Å². The molecule has 20 heavy (non-hydrogen) atoms. The Morgan fingerprint density at radius 2 is 2.05 bits per heavy atom. The van der Waals surface area contributed by atoms with Crippen LogP contribution in [0.1, 0.15) is 41.0 Å². The van der Waals surface area contributed by atoms with Gasteiger partial charge < -0.3 is 10.7 Å². The third kappa shape index (κ3) is 3.59. The summed E-state index contributed by atoms with van der Waals surface area (Å²) in [4.78, 5) is 13.5. The minimum atomic E-state index is -0.0552. The number of anilines is 1. The second kappa shape index (κ2) is 7.07. The summed E-state index contributed by atoms with van der Waals surface area (Å²) in [5.74, 6) is 5.26. The molecule has 0 bridgehead atoms. The van der Waals surface area contributed by atoms with E-state index in [9.17, 15) is 4.79 Å². The molecule has 0 radical (unpaired) electrons. The number of carbonyl (C=O) groups excluding carboxylic acids is 1. The molecule has 5 heteroatoms. The Labute approximate surface area is 123 Å². The van der Waals surface area contributed by atoms with E-state index in [0.29, 0.717) is 5.56 Å². The largest absolute Gasteiger partial charge is 0.344 e. The Hall–Kier alpha value is -1.85. The van der Waals surface area contributed by atoms with Gasteiger partial charge in [-0.25, -0.2) is 0 Å². The fourth-order valence-corrected chi connectivity index (χ4v) is 2.84. The first-order chi connectivity index (χ1) is 9.74. The summed E-state index contributed by atoms with van der Waals surface area (Å²) in [6, 6.07) is 11.3. The number of amides is 1. The third-order valence-electron chi connectivity index (χ3n) is 3.08. The molecule has 1 aromatic heterocycles. The van der Waals surface area contributed by atoms with Gasteiger partial charge in [-0.3, -0.25) is 10.6 Å². The Kier molecular flexibility index (Phi) is 5.15. The van der Waals surface area contributed by atoms with Crippen LogP contribution >= 0.6 is 11.3 Å². The number of hydrogen-bond donors (Lipinski definition) is 3. The number of nitrogens with one attached hydrogen (secondary N) is 2.